The molecule has 0 spiro atoms. The van der Waals surface area contributed by atoms with Gasteiger partial charge in [-0.25, -0.2) is 4.79 Å². The van der Waals surface area contributed by atoms with Crippen molar-refractivity contribution in [2.45, 2.75) is 0 Å². The van der Waals surface area contributed by atoms with E-state index in [1.54, 1.807) is 12.4 Å². The molecule has 1 aromatic carbocycles. The smallest absolute Gasteiger partial charge is 0.339 e. The standard InChI is InChI=1S/C7H7NO3.C5H5N/c8-5-3-1-2-4(6(5)9)7(10)11;1-2-4-6-5-3-1/h1-3,9H,8H2,(H,10,11);1-5H. The average molecular weight is 232 g/mol. The summed E-state index contributed by atoms with van der Waals surface area (Å²) in [4.78, 5) is 14.1. The van der Waals surface area contributed by atoms with Crippen molar-refractivity contribution in [1.82, 2.24) is 4.98 Å². The second kappa shape index (κ2) is 6.12. The number of carbonyl (C=O) groups is 1. The number of nitrogens with two attached hydrogens (primary N) is 1. The molecule has 0 fully saturated rings. The van der Waals surface area contributed by atoms with Crippen molar-refractivity contribution < 1.29 is 15.0 Å². The molecule has 0 saturated heterocycles. The van der Waals surface area contributed by atoms with E-state index in [4.69, 9.17) is 15.9 Å². The molecule has 2 rings (SSSR count). The number of benzene rings is 1. The van der Waals surface area contributed by atoms with Crippen LogP contribution >= 0.6 is 0 Å². The van der Waals surface area contributed by atoms with Crippen molar-refractivity contribution in [2.24, 2.45) is 0 Å². The van der Waals surface area contributed by atoms with Crippen LogP contribution in [-0.2, 0) is 0 Å². The third-order valence-electron chi connectivity index (χ3n) is 1.86. The fraction of sp³-hybridized carbons (Fsp3) is 0. The molecule has 0 radical (unpaired) electrons. The highest BCUT2D eigenvalue weighted by molar-refractivity contribution is 5.92. The fourth-order valence-electron chi connectivity index (χ4n) is 1.05. The molecule has 5 heteroatoms. The van der Waals surface area contributed by atoms with Crippen LogP contribution in [0.15, 0.2) is 48.8 Å². The molecule has 17 heavy (non-hydrogen) atoms. The number of hydrogen-bond acceptors (Lipinski definition) is 4. The minimum Gasteiger partial charge on any atom is -0.505 e. The van der Waals surface area contributed by atoms with Gasteiger partial charge in [0.05, 0.1) is 5.69 Å². The summed E-state index contributed by atoms with van der Waals surface area (Å²) in [7, 11) is 0. The number of nitrogens with zero attached hydrogens (tertiary/aromatic N) is 1. The Labute approximate surface area is 98.2 Å². The van der Waals surface area contributed by atoms with Crippen LogP contribution in [-0.4, -0.2) is 21.2 Å². The summed E-state index contributed by atoms with van der Waals surface area (Å²) in [5.74, 6) is -1.56. The highest BCUT2D eigenvalue weighted by atomic mass is 16.4. The van der Waals surface area contributed by atoms with Gasteiger partial charge in [-0.3, -0.25) is 4.98 Å². The van der Waals surface area contributed by atoms with Crippen molar-refractivity contribution in [1.29, 1.82) is 0 Å². The Bertz CT molecular complexity index is 460. The summed E-state index contributed by atoms with van der Waals surface area (Å²) >= 11 is 0. The maximum atomic E-state index is 10.4. The topological polar surface area (TPSA) is 96.4 Å². The van der Waals surface area contributed by atoms with Gasteiger partial charge in [-0.1, -0.05) is 12.1 Å². The van der Waals surface area contributed by atoms with Gasteiger partial charge >= 0.3 is 5.97 Å². The molecule has 0 amide bonds. The summed E-state index contributed by atoms with van der Waals surface area (Å²) in [6, 6.07) is 9.90. The van der Waals surface area contributed by atoms with E-state index in [9.17, 15) is 4.79 Å². The molecule has 1 heterocycles. The van der Waals surface area contributed by atoms with Gasteiger partial charge in [0.25, 0.3) is 0 Å². The molecular formula is C12H12N2O3. The van der Waals surface area contributed by atoms with E-state index in [2.05, 4.69) is 4.98 Å². The van der Waals surface area contributed by atoms with Crippen molar-refractivity contribution in [3.63, 3.8) is 0 Å². The van der Waals surface area contributed by atoms with Crippen molar-refractivity contribution in [3.05, 3.63) is 54.4 Å². The van der Waals surface area contributed by atoms with E-state index in [1.165, 1.54) is 18.2 Å². The Hall–Kier alpha value is -2.56. The third kappa shape index (κ3) is 3.83. The van der Waals surface area contributed by atoms with Crippen LogP contribution in [0, 0.1) is 0 Å². The fourth-order valence-corrected chi connectivity index (χ4v) is 1.05. The molecule has 0 aliphatic rings. The van der Waals surface area contributed by atoms with Gasteiger partial charge in [0.2, 0.25) is 0 Å². The molecule has 2 aromatic rings. The van der Waals surface area contributed by atoms with E-state index >= 15 is 0 Å². The lowest BCUT2D eigenvalue weighted by Crippen LogP contribution is -1.98. The molecule has 5 nitrogen and oxygen atoms in total. The lowest BCUT2D eigenvalue weighted by molar-refractivity contribution is 0.0694. The Morgan fingerprint density at radius 3 is 2.12 bits per heavy atom. The maximum absolute atomic E-state index is 10.4. The van der Waals surface area contributed by atoms with Crippen LogP contribution < -0.4 is 5.73 Å². The minimum absolute atomic E-state index is 0.0740. The molecule has 0 unspecified atom stereocenters. The van der Waals surface area contributed by atoms with Crippen LogP contribution in [0.3, 0.4) is 0 Å². The number of carboxylic acids is 1. The first-order chi connectivity index (χ1) is 8.13. The predicted octanol–water partition coefficient (Wildman–Crippen LogP) is 1.75. The highest BCUT2D eigenvalue weighted by Crippen LogP contribution is 2.23. The zero-order valence-corrected chi connectivity index (χ0v) is 8.95. The molecule has 88 valence electrons. The van der Waals surface area contributed by atoms with Gasteiger partial charge in [0, 0.05) is 12.4 Å². The summed E-state index contributed by atoms with van der Waals surface area (Å²) in [5.41, 5.74) is 5.14. The Kier molecular flexibility index (Phi) is 4.50. The molecule has 0 aliphatic heterocycles. The number of carboxylic acid groups (broad SMARTS) is 1. The second-order valence-corrected chi connectivity index (χ2v) is 3.07. The number of rotatable bonds is 1. The van der Waals surface area contributed by atoms with Crippen LogP contribution in [0.1, 0.15) is 10.4 Å². The molecule has 1 aromatic heterocycles. The first-order valence-electron chi connectivity index (χ1n) is 4.78. The van der Waals surface area contributed by atoms with Gasteiger partial charge in [-0.2, -0.15) is 0 Å². The number of aromatic carboxylic acids is 1. The number of aromatic nitrogens is 1. The lowest BCUT2D eigenvalue weighted by atomic mass is 10.2. The first-order valence-corrected chi connectivity index (χ1v) is 4.78. The Balaban J connectivity index is 0.000000202. The van der Waals surface area contributed by atoms with E-state index in [1.807, 2.05) is 18.2 Å². The van der Waals surface area contributed by atoms with Gasteiger partial charge in [-0.15, -0.1) is 0 Å². The van der Waals surface area contributed by atoms with Crippen LogP contribution in [0.2, 0.25) is 0 Å². The number of aromatic hydroxyl groups is 1. The molecule has 0 atom stereocenters. The molecular weight excluding hydrogens is 220 g/mol. The number of anilines is 1. The summed E-state index contributed by atoms with van der Waals surface area (Å²) in [6.07, 6.45) is 3.50. The highest BCUT2D eigenvalue weighted by Gasteiger charge is 2.09. The van der Waals surface area contributed by atoms with E-state index < -0.39 is 5.97 Å². The summed E-state index contributed by atoms with van der Waals surface area (Å²) in [5, 5.41) is 17.5. The SMILES string of the molecule is Nc1cccc(C(=O)O)c1O.c1ccncc1. The predicted molar refractivity (Wildman–Crippen MR) is 63.7 cm³/mol. The van der Waals surface area contributed by atoms with Crippen molar-refractivity contribution >= 4 is 11.7 Å². The van der Waals surface area contributed by atoms with Crippen LogP contribution in [0.5, 0.6) is 5.75 Å². The van der Waals surface area contributed by atoms with E-state index in [0.717, 1.165) is 0 Å². The Morgan fingerprint density at radius 2 is 1.76 bits per heavy atom. The second-order valence-electron chi connectivity index (χ2n) is 3.07. The van der Waals surface area contributed by atoms with Crippen LogP contribution in [0.4, 0.5) is 5.69 Å². The number of para-hydroxylation sites is 1. The van der Waals surface area contributed by atoms with Gasteiger partial charge in [-0.05, 0) is 24.3 Å². The van der Waals surface area contributed by atoms with Gasteiger partial charge < -0.3 is 15.9 Å². The van der Waals surface area contributed by atoms with Crippen molar-refractivity contribution in [2.75, 3.05) is 5.73 Å². The number of phenols is 1. The zero-order chi connectivity index (χ0) is 12.7. The minimum atomic E-state index is -1.19. The lowest BCUT2D eigenvalue weighted by Gasteiger charge is -2.00. The molecule has 0 saturated carbocycles. The average Bonchev–Trinajstić information content (AvgIpc) is 2.35. The maximum Gasteiger partial charge on any atom is 0.339 e. The molecule has 0 aliphatic carbocycles. The largest absolute Gasteiger partial charge is 0.505 e. The Morgan fingerprint density at radius 1 is 1.12 bits per heavy atom. The number of pyridine rings is 1. The van der Waals surface area contributed by atoms with Crippen molar-refractivity contribution in [3.8, 4) is 5.75 Å². The quantitative estimate of drug-likeness (QED) is 0.514. The summed E-state index contributed by atoms with van der Waals surface area (Å²) in [6.45, 7) is 0. The van der Waals surface area contributed by atoms with E-state index in [0.29, 0.717) is 0 Å². The van der Waals surface area contributed by atoms with E-state index in [-0.39, 0.29) is 17.0 Å². The zero-order valence-electron chi connectivity index (χ0n) is 8.95. The van der Waals surface area contributed by atoms with Gasteiger partial charge in [0.1, 0.15) is 5.56 Å². The normalized spacial score (nSPS) is 8.94. The molecule has 0 bridgehead atoms. The number of hydrogen-bond donors (Lipinski definition) is 3. The molecule has 4 N–H and O–H groups in total. The van der Waals surface area contributed by atoms with Crippen LogP contribution in [0.25, 0.3) is 0 Å². The van der Waals surface area contributed by atoms with Gasteiger partial charge in [0.15, 0.2) is 5.75 Å². The summed E-state index contributed by atoms with van der Waals surface area (Å²) < 4.78 is 0. The number of nitrogen functional groups attached to an aromatic ring is 1. The third-order valence-corrected chi connectivity index (χ3v) is 1.86. The monoisotopic (exact) mass is 232 g/mol. The first kappa shape index (κ1) is 12.5.